The van der Waals surface area contributed by atoms with E-state index in [0.717, 1.165) is 19.2 Å². The molecule has 2 unspecified atom stereocenters. The number of hydrogen-bond acceptors (Lipinski definition) is 5. The summed E-state index contributed by atoms with van der Waals surface area (Å²) in [5.41, 5.74) is 5.92. The number of aryl methyl sites for hydroxylation is 2. The number of primary amides is 1. The van der Waals surface area contributed by atoms with Crippen molar-refractivity contribution in [2.75, 3.05) is 16.7 Å². The smallest absolute Gasteiger partial charge is 0.433 e. The fourth-order valence-electron chi connectivity index (χ4n) is 3.66. The van der Waals surface area contributed by atoms with Crippen LogP contribution in [0.5, 0.6) is 0 Å². The van der Waals surface area contributed by atoms with Crippen LogP contribution < -0.4 is 15.4 Å². The Morgan fingerprint density at radius 3 is 2.51 bits per heavy atom. The predicted molar refractivity (Wildman–Crippen MR) is 133 cm³/mol. The molecule has 2 atom stereocenters. The molecule has 3 aromatic rings. The summed E-state index contributed by atoms with van der Waals surface area (Å²) in [6.45, 7) is 1.74. The summed E-state index contributed by atoms with van der Waals surface area (Å²) in [6, 6.07) is 10.5. The van der Waals surface area contributed by atoms with Crippen molar-refractivity contribution in [3.8, 4) is 0 Å². The molecule has 2 aromatic carbocycles. The molecule has 0 fully saturated rings. The largest absolute Gasteiger partial charge is 0.755 e. The lowest BCUT2D eigenvalue weighted by atomic mass is 9.91. The molecule has 0 saturated heterocycles. The average molecular weight is 558 g/mol. The van der Waals surface area contributed by atoms with Gasteiger partial charge in [0, 0.05) is 29.0 Å². The minimum Gasteiger partial charge on any atom is -0.755 e. The first-order valence-electron chi connectivity index (χ1n) is 10.8. The molecule has 1 heterocycles. The maximum atomic E-state index is 14.6. The van der Waals surface area contributed by atoms with Gasteiger partial charge in [0.1, 0.15) is 17.3 Å². The van der Waals surface area contributed by atoms with E-state index in [9.17, 15) is 31.1 Å². The number of rotatable bonds is 9. The number of nitrogens with one attached hydrogen (secondary N) is 1. The topological polar surface area (TPSA) is 111 Å². The number of aromatic nitrogens is 1. The number of amides is 1. The van der Waals surface area contributed by atoms with Crippen LogP contribution in [0.3, 0.4) is 0 Å². The molecule has 37 heavy (non-hydrogen) atoms. The van der Waals surface area contributed by atoms with Gasteiger partial charge in [-0.15, -0.1) is 0 Å². The van der Waals surface area contributed by atoms with Crippen LogP contribution in [0, 0.1) is 12.7 Å². The molecule has 0 bridgehead atoms. The van der Waals surface area contributed by atoms with E-state index in [0.29, 0.717) is 26.1 Å². The lowest BCUT2D eigenvalue weighted by Gasteiger charge is -2.23. The molecule has 0 aliphatic rings. The van der Waals surface area contributed by atoms with Crippen LogP contribution in [0.25, 0.3) is 0 Å². The molecule has 0 aliphatic heterocycles. The Labute approximate surface area is 218 Å². The summed E-state index contributed by atoms with van der Waals surface area (Å²) < 4.78 is 77.6. The molecular weight excluding hydrogens is 536 g/mol. The van der Waals surface area contributed by atoms with Crippen molar-refractivity contribution < 1.29 is 31.1 Å². The fraction of sp³-hybridized carbons (Fsp3) is 0.250. The van der Waals surface area contributed by atoms with Crippen LogP contribution in [-0.2, 0) is 28.7 Å². The number of hydrogen-bond donors (Lipinski definition) is 2. The third-order valence-electron chi connectivity index (χ3n) is 5.70. The van der Waals surface area contributed by atoms with Crippen LogP contribution >= 0.6 is 11.6 Å². The fourth-order valence-corrected chi connectivity index (χ4v) is 4.14. The van der Waals surface area contributed by atoms with E-state index in [4.69, 9.17) is 17.3 Å². The zero-order valence-corrected chi connectivity index (χ0v) is 21.2. The number of nitrogens with zero attached hydrogens (tertiary/aromatic N) is 2. The number of carbonyl (C=O) groups is 1. The minimum absolute atomic E-state index is 0.0215. The van der Waals surface area contributed by atoms with Crippen molar-refractivity contribution in [1.29, 1.82) is 0 Å². The predicted octanol–water partition coefficient (Wildman–Crippen LogP) is 5.38. The third-order valence-corrected chi connectivity index (χ3v) is 6.58. The lowest BCUT2D eigenvalue weighted by molar-refractivity contribution is -0.141. The third kappa shape index (κ3) is 6.96. The van der Waals surface area contributed by atoms with E-state index in [1.807, 2.05) is 0 Å². The number of carbonyl (C=O) groups excluding carboxylic acids is 1. The number of halogens is 5. The van der Waals surface area contributed by atoms with Gasteiger partial charge in [-0.2, -0.15) is 13.2 Å². The molecular formula is C24H22ClF4N4O3S-. The minimum atomic E-state index is -4.69. The molecule has 13 heteroatoms. The molecule has 1 aromatic heterocycles. The van der Waals surface area contributed by atoms with Crippen molar-refractivity contribution in [2.45, 2.75) is 31.9 Å². The van der Waals surface area contributed by atoms with Crippen LogP contribution in [0.1, 0.15) is 34.7 Å². The summed E-state index contributed by atoms with van der Waals surface area (Å²) >= 11 is 3.33. The molecule has 0 aliphatic carbocycles. The van der Waals surface area contributed by atoms with Gasteiger partial charge in [-0.1, -0.05) is 29.8 Å². The lowest BCUT2D eigenvalue weighted by Crippen LogP contribution is -2.23. The first-order valence-corrected chi connectivity index (χ1v) is 12.2. The average Bonchev–Trinajstić information content (AvgIpc) is 2.81. The van der Waals surface area contributed by atoms with E-state index in [2.05, 4.69) is 10.3 Å². The quantitative estimate of drug-likeness (QED) is 0.271. The monoisotopic (exact) mass is 557 g/mol. The van der Waals surface area contributed by atoms with E-state index >= 15 is 0 Å². The zero-order chi connectivity index (χ0) is 27.5. The van der Waals surface area contributed by atoms with Crippen molar-refractivity contribution >= 4 is 46.0 Å². The Morgan fingerprint density at radius 2 is 1.92 bits per heavy atom. The highest BCUT2D eigenvalue weighted by atomic mass is 35.5. The summed E-state index contributed by atoms with van der Waals surface area (Å²) in [6.07, 6.45) is -4.60. The van der Waals surface area contributed by atoms with Crippen molar-refractivity contribution in [2.24, 2.45) is 5.73 Å². The summed E-state index contributed by atoms with van der Waals surface area (Å²) in [5, 5.41) is 3.26. The Hall–Kier alpha value is -3.22. The van der Waals surface area contributed by atoms with Crippen LogP contribution in [0.15, 0.2) is 48.5 Å². The number of benzene rings is 2. The SMILES string of the molecule is Cc1ccc(Cl)cc1Nc1nc(C(F)(F)F)ccc1CCC(C(N)=O)c1ccc(N(C)S(=O)[O-])c(F)c1. The molecule has 7 nitrogen and oxygen atoms in total. The number of anilines is 3. The van der Waals surface area contributed by atoms with E-state index in [1.165, 1.54) is 18.2 Å². The second-order valence-electron chi connectivity index (χ2n) is 8.21. The number of alkyl halides is 3. The molecule has 0 saturated carbocycles. The van der Waals surface area contributed by atoms with Gasteiger partial charge < -0.3 is 19.9 Å². The highest BCUT2D eigenvalue weighted by Crippen LogP contribution is 2.33. The van der Waals surface area contributed by atoms with Crippen LogP contribution in [0.4, 0.5) is 34.8 Å². The Bertz CT molecular complexity index is 1340. The molecule has 0 spiro atoms. The van der Waals surface area contributed by atoms with E-state index in [-0.39, 0.29) is 29.9 Å². The second kappa shape index (κ2) is 11.4. The standard InChI is InChI=1S/C24H23ClF4N4O3S/c1-13-3-7-16(25)12-19(13)31-23-14(6-10-21(32-23)24(27,28)29)4-8-17(22(30)34)15-5-9-20(18(26)11-15)33(2)37(35)36/h3,5-7,9-12,17H,4,8H2,1-2H3,(H2,30,34)(H,31,32)(H,35,36)/p-1. The van der Waals surface area contributed by atoms with Crippen molar-refractivity contribution in [3.05, 3.63) is 81.8 Å². The van der Waals surface area contributed by atoms with E-state index < -0.39 is 40.8 Å². The Kier molecular flexibility index (Phi) is 8.77. The van der Waals surface area contributed by atoms with Crippen LogP contribution in [0.2, 0.25) is 5.02 Å². The molecule has 3 rings (SSSR count). The Morgan fingerprint density at radius 1 is 1.22 bits per heavy atom. The first kappa shape index (κ1) is 28.4. The highest BCUT2D eigenvalue weighted by molar-refractivity contribution is 7.80. The van der Waals surface area contributed by atoms with Gasteiger partial charge >= 0.3 is 6.18 Å². The van der Waals surface area contributed by atoms with Gasteiger partial charge in [-0.25, -0.2) is 9.37 Å². The van der Waals surface area contributed by atoms with Crippen molar-refractivity contribution in [1.82, 2.24) is 4.98 Å². The van der Waals surface area contributed by atoms with Gasteiger partial charge in [0.2, 0.25) is 5.91 Å². The first-order chi connectivity index (χ1) is 17.3. The normalized spacial score (nSPS) is 13.2. The summed E-state index contributed by atoms with van der Waals surface area (Å²) in [7, 11) is 1.15. The van der Waals surface area contributed by atoms with Gasteiger partial charge in [0.05, 0.1) is 11.6 Å². The molecule has 198 valence electrons. The van der Waals surface area contributed by atoms with E-state index in [1.54, 1.807) is 25.1 Å². The Balaban J connectivity index is 1.93. The molecule has 1 amide bonds. The van der Waals surface area contributed by atoms with Gasteiger partial charge in [-0.3, -0.25) is 9.00 Å². The zero-order valence-electron chi connectivity index (χ0n) is 19.6. The maximum absolute atomic E-state index is 14.6. The highest BCUT2D eigenvalue weighted by Gasteiger charge is 2.33. The molecule has 0 radical (unpaired) electrons. The number of nitrogens with two attached hydrogens (primary N) is 1. The van der Waals surface area contributed by atoms with Gasteiger partial charge in [-0.05, 0) is 66.8 Å². The summed E-state index contributed by atoms with van der Waals surface area (Å²) in [5.74, 6) is -2.75. The summed E-state index contributed by atoms with van der Waals surface area (Å²) in [4.78, 5) is 15.9. The maximum Gasteiger partial charge on any atom is 0.433 e. The van der Waals surface area contributed by atoms with Gasteiger partial charge in [0.25, 0.3) is 0 Å². The van der Waals surface area contributed by atoms with Crippen LogP contribution in [-0.4, -0.2) is 26.7 Å². The molecule has 3 N–H and O–H groups in total. The second-order valence-corrected chi connectivity index (χ2v) is 9.62. The van der Waals surface area contributed by atoms with Gasteiger partial charge in [0.15, 0.2) is 0 Å². The van der Waals surface area contributed by atoms with Crippen molar-refractivity contribution in [3.63, 3.8) is 0 Å². The number of pyridine rings is 1.